The summed E-state index contributed by atoms with van der Waals surface area (Å²) in [5.41, 5.74) is 7.71. The molecule has 0 amide bonds. The first-order chi connectivity index (χ1) is 9.67. The summed E-state index contributed by atoms with van der Waals surface area (Å²) in [6.07, 6.45) is 3.93. The van der Waals surface area contributed by atoms with Gasteiger partial charge >= 0.3 is 0 Å². The Hall–Kier alpha value is -1.81. The van der Waals surface area contributed by atoms with Gasteiger partial charge < -0.3 is 15.4 Å². The molecule has 0 aliphatic carbocycles. The molecule has 0 aliphatic rings. The van der Waals surface area contributed by atoms with Gasteiger partial charge in [0.05, 0.1) is 18.3 Å². The number of rotatable bonds is 6. The standard InChI is InChI=1S/C16H23N3O/c1-12(6-4-8-17)19(2)15-11-14(20-3)10-13-7-5-9-18-16(13)15/h5,7,9-12H,4,6,8,17H2,1-3H3. The molecule has 0 spiro atoms. The molecule has 1 heterocycles. The predicted molar refractivity (Wildman–Crippen MR) is 84.4 cm³/mol. The van der Waals surface area contributed by atoms with E-state index in [1.807, 2.05) is 24.4 Å². The highest BCUT2D eigenvalue weighted by Gasteiger charge is 2.14. The Labute approximate surface area is 120 Å². The van der Waals surface area contributed by atoms with Crippen molar-refractivity contribution in [1.82, 2.24) is 4.98 Å². The predicted octanol–water partition coefficient (Wildman–Crippen LogP) is 2.81. The van der Waals surface area contributed by atoms with Gasteiger partial charge in [0.1, 0.15) is 5.75 Å². The van der Waals surface area contributed by atoms with Gasteiger partial charge in [0.2, 0.25) is 0 Å². The molecule has 4 heteroatoms. The molecule has 1 aromatic heterocycles. The summed E-state index contributed by atoms with van der Waals surface area (Å²) in [4.78, 5) is 6.78. The van der Waals surface area contributed by atoms with Crippen LogP contribution in [0.15, 0.2) is 30.5 Å². The van der Waals surface area contributed by atoms with Crippen LogP contribution in [-0.4, -0.2) is 31.7 Å². The van der Waals surface area contributed by atoms with Gasteiger partial charge in [-0.3, -0.25) is 4.98 Å². The van der Waals surface area contributed by atoms with Gasteiger partial charge in [0, 0.05) is 30.7 Å². The average molecular weight is 273 g/mol. The first-order valence-corrected chi connectivity index (χ1v) is 7.03. The van der Waals surface area contributed by atoms with E-state index in [1.165, 1.54) is 0 Å². The maximum atomic E-state index is 5.60. The maximum Gasteiger partial charge on any atom is 0.121 e. The van der Waals surface area contributed by atoms with Crippen LogP contribution in [0.2, 0.25) is 0 Å². The lowest BCUT2D eigenvalue weighted by atomic mass is 10.1. The van der Waals surface area contributed by atoms with E-state index in [1.54, 1.807) is 7.11 Å². The van der Waals surface area contributed by atoms with Crippen molar-refractivity contribution < 1.29 is 4.74 Å². The van der Waals surface area contributed by atoms with Gasteiger partial charge in [-0.15, -0.1) is 0 Å². The summed E-state index contributed by atoms with van der Waals surface area (Å²) in [6.45, 7) is 2.94. The van der Waals surface area contributed by atoms with Crippen molar-refractivity contribution in [2.24, 2.45) is 5.73 Å². The second-order valence-electron chi connectivity index (χ2n) is 5.11. The van der Waals surface area contributed by atoms with Crippen molar-refractivity contribution in [3.63, 3.8) is 0 Å². The van der Waals surface area contributed by atoms with Gasteiger partial charge in [0.25, 0.3) is 0 Å². The Morgan fingerprint density at radius 1 is 1.40 bits per heavy atom. The van der Waals surface area contributed by atoms with Crippen LogP contribution in [0.3, 0.4) is 0 Å². The molecule has 20 heavy (non-hydrogen) atoms. The summed E-state index contributed by atoms with van der Waals surface area (Å²) < 4.78 is 5.40. The number of nitrogens with zero attached hydrogens (tertiary/aromatic N) is 2. The largest absolute Gasteiger partial charge is 0.497 e. The Morgan fingerprint density at radius 2 is 2.20 bits per heavy atom. The van der Waals surface area contributed by atoms with Gasteiger partial charge in [-0.2, -0.15) is 0 Å². The van der Waals surface area contributed by atoms with Gasteiger partial charge in [0.15, 0.2) is 0 Å². The molecule has 1 atom stereocenters. The van der Waals surface area contributed by atoms with Crippen LogP contribution in [0, 0.1) is 0 Å². The topological polar surface area (TPSA) is 51.4 Å². The lowest BCUT2D eigenvalue weighted by Crippen LogP contribution is -2.29. The maximum absolute atomic E-state index is 5.60. The van der Waals surface area contributed by atoms with Crippen molar-refractivity contribution in [2.45, 2.75) is 25.8 Å². The summed E-state index contributed by atoms with van der Waals surface area (Å²) in [7, 11) is 3.79. The fourth-order valence-corrected chi connectivity index (χ4v) is 2.38. The number of nitrogens with two attached hydrogens (primary N) is 1. The number of hydrogen-bond acceptors (Lipinski definition) is 4. The van der Waals surface area contributed by atoms with Crippen molar-refractivity contribution in [3.8, 4) is 5.75 Å². The quantitative estimate of drug-likeness (QED) is 0.879. The molecule has 1 unspecified atom stereocenters. The zero-order chi connectivity index (χ0) is 14.5. The lowest BCUT2D eigenvalue weighted by Gasteiger charge is -2.28. The Morgan fingerprint density at radius 3 is 2.90 bits per heavy atom. The van der Waals surface area contributed by atoms with Crippen LogP contribution in [0.4, 0.5) is 5.69 Å². The molecule has 108 valence electrons. The normalized spacial score (nSPS) is 12.4. The molecule has 0 fully saturated rings. The van der Waals surface area contributed by atoms with E-state index in [0.717, 1.165) is 41.7 Å². The summed E-state index contributed by atoms with van der Waals surface area (Å²) in [5, 5.41) is 1.10. The Bertz CT molecular complexity index is 571. The number of ether oxygens (including phenoxy) is 1. The first-order valence-electron chi connectivity index (χ1n) is 7.03. The number of pyridine rings is 1. The molecule has 0 saturated heterocycles. The van der Waals surface area contributed by atoms with E-state index in [0.29, 0.717) is 6.04 Å². The molecule has 0 saturated carbocycles. The summed E-state index contributed by atoms with van der Waals surface area (Å²) in [5.74, 6) is 0.860. The van der Waals surface area contributed by atoms with Crippen LogP contribution >= 0.6 is 0 Å². The molecular weight excluding hydrogens is 250 g/mol. The smallest absolute Gasteiger partial charge is 0.121 e. The molecule has 2 aromatic rings. The second-order valence-corrected chi connectivity index (χ2v) is 5.11. The van der Waals surface area contributed by atoms with Crippen molar-refractivity contribution >= 4 is 16.6 Å². The van der Waals surface area contributed by atoms with E-state index in [-0.39, 0.29) is 0 Å². The van der Waals surface area contributed by atoms with E-state index >= 15 is 0 Å². The lowest BCUT2D eigenvalue weighted by molar-refractivity contribution is 0.415. The second kappa shape index (κ2) is 6.57. The SMILES string of the molecule is COc1cc(N(C)C(C)CCCN)c2ncccc2c1. The minimum atomic E-state index is 0.413. The number of benzene rings is 1. The Balaban J connectivity index is 2.41. The van der Waals surface area contributed by atoms with Crippen LogP contribution < -0.4 is 15.4 Å². The molecule has 4 nitrogen and oxygen atoms in total. The average Bonchev–Trinajstić information content (AvgIpc) is 2.50. The van der Waals surface area contributed by atoms with Crippen molar-refractivity contribution in [3.05, 3.63) is 30.5 Å². The van der Waals surface area contributed by atoms with Gasteiger partial charge in [-0.05, 0) is 38.4 Å². The number of aromatic nitrogens is 1. The molecule has 0 radical (unpaired) electrons. The number of hydrogen-bond donors (Lipinski definition) is 1. The number of fused-ring (bicyclic) bond motifs is 1. The number of anilines is 1. The zero-order valence-corrected chi connectivity index (χ0v) is 12.5. The number of methoxy groups -OCH3 is 1. The summed E-state index contributed by atoms with van der Waals surface area (Å²) in [6, 6.07) is 8.49. The molecule has 0 bridgehead atoms. The third-order valence-corrected chi connectivity index (χ3v) is 3.76. The first kappa shape index (κ1) is 14.6. The minimum Gasteiger partial charge on any atom is -0.497 e. The molecule has 0 aliphatic heterocycles. The fraction of sp³-hybridized carbons (Fsp3) is 0.438. The zero-order valence-electron chi connectivity index (χ0n) is 12.5. The molecule has 1 aromatic carbocycles. The third-order valence-electron chi connectivity index (χ3n) is 3.76. The highest BCUT2D eigenvalue weighted by Crippen LogP contribution is 2.31. The van der Waals surface area contributed by atoms with Gasteiger partial charge in [-0.25, -0.2) is 0 Å². The molecule has 2 N–H and O–H groups in total. The molecule has 2 rings (SSSR count). The minimum absolute atomic E-state index is 0.413. The van der Waals surface area contributed by atoms with E-state index < -0.39 is 0 Å². The van der Waals surface area contributed by atoms with E-state index in [4.69, 9.17) is 10.5 Å². The highest BCUT2D eigenvalue weighted by atomic mass is 16.5. The highest BCUT2D eigenvalue weighted by molar-refractivity contribution is 5.92. The van der Waals surface area contributed by atoms with E-state index in [2.05, 4.69) is 29.9 Å². The van der Waals surface area contributed by atoms with Crippen LogP contribution in [0.5, 0.6) is 5.75 Å². The molecular formula is C16H23N3O. The Kier molecular flexibility index (Phi) is 4.79. The van der Waals surface area contributed by atoms with Crippen molar-refractivity contribution in [2.75, 3.05) is 25.6 Å². The fourth-order valence-electron chi connectivity index (χ4n) is 2.38. The van der Waals surface area contributed by atoms with Crippen LogP contribution in [0.25, 0.3) is 10.9 Å². The van der Waals surface area contributed by atoms with E-state index in [9.17, 15) is 0 Å². The van der Waals surface area contributed by atoms with Gasteiger partial charge in [-0.1, -0.05) is 6.07 Å². The van der Waals surface area contributed by atoms with Crippen LogP contribution in [0.1, 0.15) is 19.8 Å². The summed E-state index contributed by atoms with van der Waals surface area (Å²) >= 11 is 0. The third kappa shape index (κ3) is 3.02. The van der Waals surface area contributed by atoms with Crippen LogP contribution in [-0.2, 0) is 0 Å². The van der Waals surface area contributed by atoms with Crippen molar-refractivity contribution in [1.29, 1.82) is 0 Å². The monoisotopic (exact) mass is 273 g/mol.